The zero-order chi connectivity index (χ0) is 14.9. The van der Waals surface area contributed by atoms with Crippen LogP contribution in [0.4, 0.5) is 0 Å². The number of hydrogen-bond donors (Lipinski definition) is 1. The summed E-state index contributed by atoms with van der Waals surface area (Å²) in [7, 11) is 0. The van der Waals surface area contributed by atoms with Crippen molar-refractivity contribution in [3.63, 3.8) is 0 Å². The van der Waals surface area contributed by atoms with Gasteiger partial charge in [0.25, 0.3) is 0 Å². The molecule has 0 spiro atoms. The average Bonchev–Trinajstić information content (AvgIpc) is 2.81. The standard InChI is InChI=1S/C13H21N5O2/c1-8(2)12-13(20)17(6-11(19)16-12)5-10-14-7-15-18(10)9(3)4/h7-9,12H,5-6H2,1-4H3,(H,16,19). The van der Waals surface area contributed by atoms with E-state index in [2.05, 4.69) is 15.4 Å². The van der Waals surface area contributed by atoms with Crippen LogP contribution in [0.1, 0.15) is 39.6 Å². The monoisotopic (exact) mass is 279 g/mol. The van der Waals surface area contributed by atoms with Gasteiger partial charge >= 0.3 is 0 Å². The molecule has 2 heterocycles. The van der Waals surface area contributed by atoms with E-state index < -0.39 is 6.04 Å². The average molecular weight is 279 g/mol. The summed E-state index contributed by atoms with van der Waals surface area (Å²) in [6.45, 7) is 8.23. The van der Waals surface area contributed by atoms with E-state index in [-0.39, 0.29) is 30.3 Å². The summed E-state index contributed by atoms with van der Waals surface area (Å²) in [5.41, 5.74) is 0. The summed E-state index contributed by atoms with van der Waals surface area (Å²) in [5.74, 6) is 0.583. The van der Waals surface area contributed by atoms with E-state index in [1.165, 1.54) is 6.33 Å². The predicted molar refractivity (Wildman–Crippen MR) is 72.6 cm³/mol. The van der Waals surface area contributed by atoms with Crippen LogP contribution in [0.5, 0.6) is 0 Å². The summed E-state index contributed by atoms with van der Waals surface area (Å²) in [6.07, 6.45) is 1.48. The summed E-state index contributed by atoms with van der Waals surface area (Å²) in [4.78, 5) is 29.8. The number of amides is 2. The molecule has 1 fully saturated rings. The lowest BCUT2D eigenvalue weighted by Gasteiger charge is -2.34. The lowest BCUT2D eigenvalue weighted by atomic mass is 10.0. The molecule has 2 amide bonds. The van der Waals surface area contributed by atoms with Gasteiger partial charge in [-0.3, -0.25) is 9.59 Å². The Labute approximate surface area is 118 Å². The quantitative estimate of drug-likeness (QED) is 0.862. The molecule has 0 bridgehead atoms. The minimum atomic E-state index is -0.452. The second-order valence-corrected chi connectivity index (χ2v) is 5.70. The van der Waals surface area contributed by atoms with E-state index in [1.807, 2.05) is 27.7 Å². The maximum atomic E-state index is 12.4. The number of hydrogen-bond acceptors (Lipinski definition) is 4. The molecule has 7 nitrogen and oxygen atoms in total. The number of carbonyl (C=O) groups excluding carboxylic acids is 2. The van der Waals surface area contributed by atoms with Crippen LogP contribution in [0.25, 0.3) is 0 Å². The van der Waals surface area contributed by atoms with Gasteiger partial charge in [-0.05, 0) is 19.8 Å². The maximum absolute atomic E-state index is 12.4. The van der Waals surface area contributed by atoms with Gasteiger partial charge in [-0.15, -0.1) is 0 Å². The molecule has 1 aromatic heterocycles. The molecule has 1 aliphatic rings. The zero-order valence-corrected chi connectivity index (χ0v) is 12.3. The fourth-order valence-corrected chi connectivity index (χ4v) is 2.30. The highest BCUT2D eigenvalue weighted by atomic mass is 16.2. The minimum absolute atomic E-state index is 0.0575. The van der Waals surface area contributed by atoms with E-state index in [1.54, 1.807) is 9.58 Å². The smallest absolute Gasteiger partial charge is 0.246 e. The van der Waals surface area contributed by atoms with E-state index in [9.17, 15) is 9.59 Å². The van der Waals surface area contributed by atoms with Crippen molar-refractivity contribution in [2.75, 3.05) is 6.54 Å². The first-order valence-corrected chi connectivity index (χ1v) is 6.86. The van der Waals surface area contributed by atoms with E-state index in [0.29, 0.717) is 12.4 Å². The SMILES string of the molecule is CC(C)C1NC(=O)CN(Cc2ncnn2C(C)C)C1=O. The van der Waals surface area contributed by atoms with Gasteiger partial charge in [-0.2, -0.15) is 5.10 Å². The Hall–Kier alpha value is -1.92. The van der Waals surface area contributed by atoms with Crippen LogP contribution in [0.15, 0.2) is 6.33 Å². The highest BCUT2D eigenvalue weighted by Gasteiger charge is 2.35. The highest BCUT2D eigenvalue weighted by molar-refractivity contribution is 5.94. The summed E-state index contributed by atoms with van der Waals surface area (Å²) < 4.78 is 1.77. The van der Waals surface area contributed by atoms with Gasteiger partial charge in [0.1, 0.15) is 24.7 Å². The molecule has 2 rings (SSSR count). The molecule has 7 heteroatoms. The number of aromatic nitrogens is 3. The van der Waals surface area contributed by atoms with Gasteiger partial charge in [0.15, 0.2) is 0 Å². The van der Waals surface area contributed by atoms with Gasteiger partial charge in [0.2, 0.25) is 11.8 Å². The molecule has 1 N–H and O–H groups in total. The first-order valence-electron chi connectivity index (χ1n) is 6.86. The van der Waals surface area contributed by atoms with E-state index >= 15 is 0 Å². The van der Waals surface area contributed by atoms with Crippen LogP contribution in [0, 0.1) is 5.92 Å². The molecule has 0 saturated carbocycles. The maximum Gasteiger partial charge on any atom is 0.246 e. The Morgan fingerprint density at radius 3 is 2.65 bits per heavy atom. The van der Waals surface area contributed by atoms with Crippen molar-refractivity contribution in [2.45, 2.75) is 46.3 Å². The second-order valence-electron chi connectivity index (χ2n) is 5.70. The van der Waals surface area contributed by atoms with Gasteiger partial charge < -0.3 is 10.2 Å². The lowest BCUT2D eigenvalue weighted by molar-refractivity contribution is -0.146. The molecule has 1 aromatic rings. The van der Waals surface area contributed by atoms with Gasteiger partial charge in [-0.25, -0.2) is 9.67 Å². The van der Waals surface area contributed by atoms with Crippen LogP contribution in [-0.2, 0) is 16.1 Å². The number of nitrogens with zero attached hydrogens (tertiary/aromatic N) is 4. The number of nitrogens with one attached hydrogen (secondary N) is 1. The Morgan fingerprint density at radius 2 is 2.05 bits per heavy atom. The van der Waals surface area contributed by atoms with Crippen LogP contribution in [-0.4, -0.2) is 44.1 Å². The topological polar surface area (TPSA) is 80.1 Å². The molecule has 1 atom stereocenters. The fraction of sp³-hybridized carbons (Fsp3) is 0.692. The second kappa shape index (κ2) is 5.60. The first-order chi connectivity index (χ1) is 9.40. The van der Waals surface area contributed by atoms with Crippen LogP contribution in [0.3, 0.4) is 0 Å². The molecular formula is C13H21N5O2. The summed E-state index contributed by atoms with van der Waals surface area (Å²) >= 11 is 0. The molecular weight excluding hydrogens is 258 g/mol. The molecule has 1 aliphatic heterocycles. The highest BCUT2D eigenvalue weighted by Crippen LogP contribution is 2.14. The van der Waals surface area contributed by atoms with Crippen LogP contribution >= 0.6 is 0 Å². The van der Waals surface area contributed by atoms with Crippen LogP contribution in [0.2, 0.25) is 0 Å². The molecule has 110 valence electrons. The third-order valence-electron chi connectivity index (χ3n) is 3.36. The molecule has 20 heavy (non-hydrogen) atoms. The van der Waals surface area contributed by atoms with Crippen molar-refractivity contribution < 1.29 is 9.59 Å². The third kappa shape index (κ3) is 2.81. The van der Waals surface area contributed by atoms with Gasteiger partial charge in [-0.1, -0.05) is 13.8 Å². The van der Waals surface area contributed by atoms with E-state index in [4.69, 9.17) is 0 Å². The molecule has 1 unspecified atom stereocenters. The van der Waals surface area contributed by atoms with Crippen molar-refractivity contribution in [2.24, 2.45) is 5.92 Å². The Bertz CT molecular complexity index is 509. The lowest BCUT2D eigenvalue weighted by Crippen LogP contribution is -2.59. The summed E-state index contributed by atoms with van der Waals surface area (Å²) in [5, 5.41) is 6.89. The number of carbonyl (C=O) groups is 2. The Morgan fingerprint density at radius 1 is 1.35 bits per heavy atom. The fourth-order valence-electron chi connectivity index (χ4n) is 2.30. The van der Waals surface area contributed by atoms with Crippen molar-refractivity contribution in [3.8, 4) is 0 Å². The van der Waals surface area contributed by atoms with Crippen molar-refractivity contribution in [3.05, 3.63) is 12.2 Å². The third-order valence-corrected chi connectivity index (χ3v) is 3.36. The Kier molecular flexibility index (Phi) is 4.06. The van der Waals surface area contributed by atoms with Crippen molar-refractivity contribution in [1.29, 1.82) is 0 Å². The summed E-state index contributed by atoms with van der Waals surface area (Å²) in [6, 6.07) is -0.284. The molecule has 0 aromatic carbocycles. The van der Waals surface area contributed by atoms with Gasteiger partial charge in [0, 0.05) is 6.04 Å². The number of piperazine rings is 1. The van der Waals surface area contributed by atoms with Crippen molar-refractivity contribution >= 4 is 11.8 Å². The largest absolute Gasteiger partial charge is 0.343 e. The molecule has 1 saturated heterocycles. The molecule has 0 radical (unpaired) electrons. The first kappa shape index (κ1) is 14.5. The van der Waals surface area contributed by atoms with Crippen molar-refractivity contribution in [1.82, 2.24) is 25.0 Å². The minimum Gasteiger partial charge on any atom is -0.343 e. The van der Waals surface area contributed by atoms with Crippen LogP contribution < -0.4 is 5.32 Å². The normalized spacial score (nSPS) is 19.9. The van der Waals surface area contributed by atoms with Gasteiger partial charge in [0.05, 0.1) is 6.54 Å². The molecule has 0 aliphatic carbocycles. The predicted octanol–water partition coefficient (Wildman–Crippen LogP) is 0.342. The Balaban J connectivity index is 2.17. The number of rotatable bonds is 4. The zero-order valence-electron chi connectivity index (χ0n) is 12.3. The van der Waals surface area contributed by atoms with E-state index in [0.717, 1.165) is 0 Å².